The number of hydrogen-bond acceptors (Lipinski definition) is 4. The Kier molecular flexibility index (Phi) is 5.86. The number of allylic oxidation sites excluding steroid dienone is 1. The summed E-state index contributed by atoms with van der Waals surface area (Å²) in [4.78, 5) is 0. The van der Waals surface area contributed by atoms with E-state index in [1.165, 1.54) is 6.42 Å². The molecule has 0 aliphatic heterocycles. The van der Waals surface area contributed by atoms with Crippen LogP contribution in [0.3, 0.4) is 0 Å². The van der Waals surface area contributed by atoms with Gasteiger partial charge in [-0.15, -0.1) is 0 Å². The molecule has 1 aliphatic carbocycles. The van der Waals surface area contributed by atoms with E-state index in [1.54, 1.807) is 7.05 Å². The Hall–Kier alpha value is -0.420. The van der Waals surface area contributed by atoms with Crippen LogP contribution >= 0.6 is 0 Å². The predicted octanol–water partition coefficient (Wildman–Crippen LogP) is 0.585. The Bertz CT molecular complexity index is 197. The van der Waals surface area contributed by atoms with Gasteiger partial charge in [-0.2, -0.15) is 0 Å². The van der Waals surface area contributed by atoms with Crippen molar-refractivity contribution >= 4 is 0 Å². The van der Waals surface area contributed by atoms with Gasteiger partial charge in [-0.3, -0.25) is 5.32 Å². The molecule has 0 amide bonds. The van der Waals surface area contributed by atoms with Crippen molar-refractivity contribution in [3.8, 4) is 0 Å². The van der Waals surface area contributed by atoms with E-state index >= 15 is 0 Å². The zero-order chi connectivity index (χ0) is 11.1. The van der Waals surface area contributed by atoms with E-state index < -0.39 is 6.41 Å². The molecule has 15 heavy (non-hydrogen) atoms. The fourth-order valence-electron chi connectivity index (χ4n) is 1.79. The van der Waals surface area contributed by atoms with Crippen molar-refractivity contribution in [2.75, 3.05) is 14.1 Å². The van der Waals surface area contributed by atoms with Crippen molar-refractivity contribution in [2.45, 2.75) is 44.2 Å². The molecule has 0 aromatic rings. The third-order valence-corrected chi connectivity index (χ3v) is 2.79. The summed E-state index contributed by atoms with van der Waals surface area (Å²) in [5, 5.41) is 15.3. The van der Waals surface area contributed by atoms with Crippen molar-refractivity contribution in [1.82, 2.24) is 10.6 Å². The number of aliphatic hydroxyl groups is 1. The van der Waals surface area contributed by atoms with Gasteiger partial charge >= 0.3 is 0 Å². The molecule has 3 unspecified atom stereocenters. The summed E-state index contributed by atoms with van der Waals surface area (Å²) >= 11 is 0. The molecule has 0 spiro atoms. The van der Waals surface area contributed by atoms with Crippen LogP contribution < -0.4 is 10.6 Å². The second-order valence-corrected chi connectivity index (χ2v) is 3.88. The second-order valence-electron chi connectivity index (χ2n) is 3.88. The maximum absolute atomic E-state index is 9.31. The normalized spacial score (nSPS) is 31.7. The Labute approximate surface area is 91.7 Å². The highest BCUT2D eigenvalue weighted by atomic mass is 16.6. The van der Waals surface area contributed by atoms with Gasteiger partial charge < -0.3 is 15.2 Å². The van der Waals surface area contributed by atoms with E-state index in [-0.39, 0.29) is 6.10 Å². The Morgan fingerprint density at radius 3 is 2.80 bits per heavy atom. The van der Waals surface area contributed by atoms with Crippen molar-refractivity contribution in [3.63, 3.8) is 0 Å². The summed E-state index contributed by atoms with van der Waals surface area (Å²) in [6.07, 6.45) is 7.61. The van der Waals surface area contributed by atoms with Crippen LogP contribution in [-0.4, -0.2) is 37.8 Å². The third kappa shape index (κ3) is 4.75. The number of aliphatic hydroxyl groups excluding tert-OH is 1. The van der Waals surface area contributed by atoms with Crippen molar-refractivity contribution in [3.05, 3.63) is 12.2 Å². The van der Waals surface area contributed by atoms with Crippen LogP contribution in [0.15, 0.2) is 12.2 Å². The number of rotatable bonds is 4. The Morgan fingerprint density at radius 2 is 2.13 bits per heavy atom. The summed E-state index contributed by atoms with van der Waals surface area (Å²) in [7, 11) is 3.67. The first-order valence-corrected chi connectivity index (χ1v) is 5.61. The Morgan fingerprint density at radius 1 is 1.33 bits per heavy atom. The lowest BCUT2D eigenvalue weighted by Gasteiger charge is -2.23. The van der Waals surface area contributed by atoms with Gasteiger partial charge in [0.2, 0.25) is 6.41 Å². The maximum atomic E-state index is 9.31. The van der Waals surface area contributed by atoms with Gasteiger partial charge in [0.05, 0.1) is 6.10 Å². The summed E-state index contributed by atoms with van der Waals surface area (Å²) in [6.45, 7) is 0. The molecule has 4 heteroatoms. The molecule has 1 rings (SSSR count). The first kappa shape index (κ1) is 12.6. The van der Waals surface area contributed by atoms with E-state index in [0.717, 1.165) is 19.3 Å². The molecule has 0 saturated heterocycles. The maximum Gasteiger partial charge on any atom is 0.213 e. The van der Waals surface area contributed by atoms with E-state index in [9.17, 15) is 5.11 Å². The zero-order valence-electron chi connectivity index (χ0n) is 9.57. The molecule has 3 N–H and O–H groups in total. The van der Waals surface area contributed by atoms with Gasteiger partial charge in [0.1, 0.15) is 0 Å². The summed E-state index contributed by atoms with van der Waals surface area (Å²) in [5.41, 5.74) is 0. The topological polar surface area (TPSA) is 53.5 Å². The largest absolute Gasteiger partial charge is 0.356 e. The van der Waals surface area contributed by atoms with E-state index in [1.807, 2.05) is 13.1 Å². The summed E-state index contributed by atoms with van der Waals surface area (Å²) < 4.78 is 5.40. The van der Waals surface area contributed by atoms with Crippen LogP contribution in [0.5, 0.6) is 0 Å². The van der Waals surface area contributed by atoms with Crippen LogP contribution in [0, 0.1) is 0 Å². The Balaban J connectivity index is 2.40. The molecular formula is C11H22N2O2. The lowest BCUT2D eigenvalue weighted by Crippen LogP contribution is -2.33. The van der Waals surface area contributed by atoms with Gasteiger partial charge in [-0.1, -0.05) is 12.2 Å². The van der Waals surface area contributed by atoms with Gasteiger partial charge in [-0.05, 0) is 39.8 Å². The van der Waals surface area contributed by atoms with Crippen LogP contribution in [0.4, 0.5) is 0 Å². The minimum absolute atomic E-state index is 0.0172. The molecule has 0 aromatic carbocycles. The molecular weight excluding hydrogens is 192 g/mol. The number of ether oxygens (including phenoxy) is 1. The highest BCUT2D eigenvalue weighted by molar-refractivity contribution is 4.93. The van der Waals surface area contributed by atoms with Crippen LogP contribution in [0.1, 0.15) is 25.7 Å². The summed E-state index contributed by atoms with van der Waals surface area (Å²) in [6, 6.07) is 0.563. The molecule has 3 atom stereocenters. The highest BCUT2D eigenvalue weighted by Crippen LogP contribution is 2.15. The molecule has 1 aliphatic rings. The molecule has 0 bridgehead atoms. The van der Waals surface area contributed by atoms with Crippen molar-refractivity contribution in [1.29, 1.82) is 0 Å². The quantitative estimate of drug-likeness (QED) is 0.473. The molecule has 0 saturated carbocycles. The molecule has 0 aromatic heterocycles. The fraction of sp³-hybridized carbons (Fsp3) is 0.818. The first-order chi connectivity index (χ1) is 7.26. The SMILES string of the molecule is CNC1CC/C=C/C(OC(O)NC)CC1. The molecule has 4 nitrogen and oxygen atoms in total. The first-order valence-electron chi connectivity index (χ1n) is 5.61. The van der Waals surface area contributed by atoms with E-state index in [0.29, 0.717) is 6.04 Å². The van der Waals surface area contributed by atoms with E-state index in [4.69, 9.17) is 4.74 Å². The van der Waals surface area contributed by atoms with Crippen LogP contribution in [0.25, 0.3) is 0 Å². The van der Waals surface area contributed by atoms with Crippen LogP contribution in [0.2, 0.25) is 0 Å². The molecule has 88 valence electrons. The van der Waals surface area contributed by atoms with E-state index in [2.05, 4.69) is 16.7 Å². The average molecular weight is 214 g/mol. The average Bonchev–Trinajstić information content (AvgIpc) is 2.22. The number of hydrogen-bond donors (Lipinski definition) is 3. The lowest BCUT2D eigenvalue weighted by molar-refractivity contribution is -0.139. The number of nitrogens with one attached hydrogen (secondary N) is 2. The fourth-order valence-corrected chi connectivity index (χ4v) is 1.79. The monoisotopic (exact) mass is 214 g/mol. The predicted molar refractivity (Wildman–Crippen MR) is 60.4 cm³/mol. The summed E-state index contributed by atoms with van der Waals surface area (Å²) in [5.74, 6) is 0. The van der Waals surface area contributed by atoms with Gasteiger partial charge in [0, 0.05) is 6.04 Å². The third-order valence-electron chi connectivity index (χ3n) is 2.79. The minimum Gasteiger partial charge on any atom is -0.356 e. The second kappa shape index (κ2) is 6.95. The van der Waals surface area contributed by atoms with Gasteiger partial charge in [-0.25, -0.2) is 0 Å². The smallest absolute Gasteiger partial charge is 0.213 e. The van der Waals surface area contributed by atoms with Crippen molar-refractivity contribution in [2.24, 2.45) is 0 Å². The molecule has 0 heterocycles. The lowest BCUT2D eigenvalue weighted by atomic mass is 9.99. The van der Waals surface area contributed by atoms with Gasteiger partial charge in [0.25, 0.3) is 0 Å². The van der Waals surface area contributed by atoms with Gasteiger partial charge in [0.15, 0.2) is 0 Å². The van der Waals surface area contributed by atoms with Crippen molar-refractivity contribution < 1.29 is 9.84 Å². The van der Waals surface area contributed by atoms with Crippen LogP contribution in [-0.2, 0) is 4.74 Å². The highest BCUT2D eigenvalue weighted by Gasteiger charge is 2.15. The molecule has 0 radical (unpaired) electrons. The standard InChI is InChI=1S/C11H22N2O2/c1-12-9-5-3-4-6-10(8-7-9)15-11(14)13-2/h4,6,9-14H,3,5,7-8H2,1-2H3/b6-4+. The minimum atomic E-state index is -0.868. The molecule has 0 fully saturated rings. The zero-order valence-corrected chi connectivity index (χ0v) is 9.57.